The van der Waals surface area contributed by atoms with E-state index in [1.807, 2.05) is 35.2 Å². The highest BCUT2D eigenvalue weighted by Gasteiger charge is 2.36. The van der Waals surface area contributed by atoms with Crippen LogP contribution in [0.4, 0.5) is 5.69 Å². The number of piperidine rings is 1. The number of anilines is 1. The molecule has 1 aromatic rings. The second-order valence-corrected chi connectivity index (χ2v) is 7.37. The number of nitriles is 1. The molecule has 0 spiro atoms. The van der Waals surface area contributed by atoms with Crippen LogP contribution in [0.3, 0.4) is 0 Å². The topological polar surface area (TPSA) is 50.6 Å². The van der Waals surface area contributed by atoms with Gasteiger partial charge in [0.1, 0.15) is 6.04 Å². The Balaban J connectivity index is 1.63. The van der Waals surface area contributed by atoms with Crippen LogP contribution in [0.25, 0.3) is 0 Å². The van der Waals surface area contributed by atoms with Crippen LogP contribution in [0.15, 0.2) is 30.3 Å². The molecule has 134 valence electrons. The standard InChI is InChI=1S/C20H28N4O/c1-16(2)19(15-21)23-13-11-22(12-14-23)18-9-6-10-24(20(18)25)17-7-4-3-5-8-17/h3-5,7-8,16,18-19H,6,9-14H2,1-2H3/t18-,19-/m0/s1. The van der Waals surface area contributed by atoms with Crippen LogP contribution in [-0.2, 0) is 4.79 Å². The Labute approximate surface area is 150 Å². The first-order valence-electron chi connectivity index (χ1n) is 9.36. The SMILES string of the molecule is CC(C)[C@H](C#N)N1CCN([C@H]2CCCN(c3ccccc3)C2=O)CC1. The number of para-hydroxylation sites is 1. The molecule has 0 bridgehead atoms. The van der Waals surface area contributed by atoms with Crippen molar-refractivity contribution in [1.29, 1.82) is 5.26 Å². The third-order valence-electron chi connectivity index (χ3n) is 5.43. The maximum Gasteiger partial charge on any atom is 0.244 e. The van der Waals surface area contributed by atoms with Crippen LogP contribution in [-0.4, -0.2) is 60.5 Å². The van der Waals surface area contributed by atoms with Crippen molar-refractivity contribution in [3.63, 3.8) is 0 Å². The number of nitrogens with zero attached hydrogens (tertiary/aromatic N) is 4. The van der Waals surface area contributed by atoms with Crippen molar-refractivity contribution in [3.05, 3.63) is 30.3 Å². The summed E-state index contributed by atoms with van der Waals surface area (Å²) >= 11 is 0. The Morgan fingerprint density at radius 3 is 2.36 bits per heavy atom. The highest BCUT2D eigenvalue weighted by atomic mass is 16.2. The molecule has 0 aliphatic carbocycles. The first kappa shape index (κ1) is 17.9. The van der Waals surface area contributed by atoms with Gasteiger partial charge in [-0.25, -0.2) is 0 Å². The Morgan fingerprint density at radius 1 is 1.08 bits per heavy atom. The molecule has 1 aromatic carbocycles. The van der Waals surface area contributed by atoms with E-state index in [9.17, 15) is 10.1 Å². The Hall–Kier alpha value is -1.90. The maximum atomic E-state index is 13.0. The van der Waals surface area contributed by atoms with Gasteiger partial charge in [0.15, 0.2) is 0 Å². The van der Waals surface area contributed by atoms with E-state index in [4.69, 9.17) is 0 Å². The van der Waals surface area contributed by atoms with Crippen LogP contribution < -0.4 is 4.90 Å². The van der Waals surface area contributed by atoms with Crippen molar-refractivity contribution in [2.24, 2.45) is 5.92 Å². The number of amides is 1. The average Bonchev–Trinajstić information content (AvgIpc) is 2.64. The molecular weight excluding hydrogens is 312 g/mol. The van der Waals surface area contributed by atoms with Crippen molar-refractivity contribution in [1.82, 2.24) is 9.80 Å². The number of carbonyl (C=O) groups excluding carboxylic acids is 1. The van der Waals surface area contributed by atoms with E-state index in [0.29, 0.717) is 5.92 Å². The number of rotatable bonds is 4. The summed E-state index contributed by atoms with van der Waals surface area (Å²) in [7, 11) is 0. The van der Waals surface area contributed by atoms with Gasteiger partial charge in [-0.15, -0.1) is 0 Å². The summed E-state index contributed by atoms with van der Waals surface area (Å²) < 4.78 is 0. The molecule has 0 N–H and O–H groups in total. The van der Waals surface area contributed by atoms with Gasteiger partial charge in [0, 0.05) is 38.4 Å². The summed E-state index contributed by atoms with van der Waals surface area (Å²) in [4.78, 5) is 19.5. The Morgan fingerprint density at radius 2 is 1.76 bits per heavy atom. The largest absolute Gasteiger partial charge is 0.311 e. The second-order valence-electron chi connectivity index (χ2n) is 7.37. The van der Waals surface area contributed by atoms with Crippen LogP contribution >= 0.6 is 0 Å². The molecule has 5 nitrogen and oxygen atoms in total. The van der Waals surface area contributed by atoms with Crippen molar-refractivity contribution in [2.45, 2.75) is 38.8 Å². The van der Waals surface area contributed by atoms with E-state index in [1.165, 1.54) is 0 Å². The highest BCUT2D eigenvalue weighted by molar-refractivity contribution is 5.97. The molecule has 2 saturated heterocycles. The minimum atomic E-state index is -0.0231. The summed E-state index contributed by atoms with van der Waals surface area (Å²) in [6, 6.07) is 12.4. The van der Waals surface area contributed by atoms with Crippen molar-refractivity contribution in [3.8, 4) is 6.07 Å². The van der Waals surface area contributed by atoms with Gasteiger partial charge in [-0.1, -0.05) is 32.0 Å². The summed E-state index contributed by atoms with van der Waals surface area (Å²) in [5.74, 6) is 0.563. The Bertz CT molecular complexity index is 616. The van der Waals surface area contributed by atoms with Crippen LogP contribution in [0.5, 0.6) is 0 Å². The number of hydrogen-bond acceptors (Lipinski definition) is 4. The molecule has 0 unspecified atom stereocenters. The van der Waals surface area contributed by atoms with E-state index in [1.54, 1.807) is 0 Å². The van der Waals surface area contributed by atoms with E-state index in [0.717, 1.165) is 51.3 Å². The van der Waals surface area contributed by atoms with Gasteiger partial charge in [0.05, 0.1) is 12.1 Å². The molecule has 2 atom stereocenters. The fraction of sp³-hybridized carbons (Fsp3) is 0.600. The first-order valence-corrected chi connectivity index (χ1v) is 9.36. The zero-order valence-corrected chi connectivity index (χ0v) is 15.3. The summed E-state index contributed by atoms with van der Waals surface area (Å²) in [5, 5.41) is 9.40. The lowest BCUT2D eigenvalue weighted by atomic mass is 9.99. The molecule has 1 amide bonds. The quantitative estimate of drug-likeness (QED) is 0.844. The number of benzene rings is 1. The number of piperazine rings is 1. The lowest BCUT2D eigenvalue weighted by Gasteiger charge is -2.43. The molecular formula is C20H28N4O. The van der Waals surface area contributed by atoms with Gasteiger partial charge in [0.25, 0.3) is 0 Å². The zero-order valence-electron chi connectivity index (χ0n) is 15.3. The summed E-state index contributed by atoms with van der Waals surface area (Å²) in [5.41, 5.74) is 1.00. The number of hydrogen-bond donors (Lipinski definition) is 0. The molecule has 3 rings (SSSR count). The van der Waals surface area contributed by atoms with Crippen molar-refractivity contribution < 1.29 is 4.79 Å². The molecule has 0 saturated carbocycles. The second kappa shape index (κ2) is 7.99. The molecule has 5 heteroatoms. The van der Waals surface area contributed by atoms with Crippen LogP contribution in [0, 0.1) is 17.2 Å². The molecule has 2 aliphatic heterocycles. The van der Waals surface area contributed by atoms with E-state index >= 15 is 0 Å². The Kier molecular flexibility index (Phi) is 5.72. The monoisotopic (exact) mass is 340 g/mol. The molecule has 25 heavy (non-hydrogen) atoms. The van der Waals surface area contributed by atoms with Crippen molar-refractivity contribution in [2.75, 3.05) is 37.6 Å². The average molecular weight is 340 g/mol. The number of carbonyl (C=O) groups is 1. The van der Waals surface area contributed by atoms with Gasteiger partial charge in [-0.2, -0.15) is 5.26 Å². The maximum absolute atomic E-state index is 13.0. The van der Waals surface area contributed by atoms with Crippen molar-refractivity contribution >= 4 is 11.6 Å². The van der Waals surface area contributed by atoms with Gasteiger partial charge in [-0.05, 0) is 30.9 Å². The van der Waals surface area contributed by atoms with Gasteiger partial charge in [-0.3, -0.25) is 14.6 Å². The highest BCUT2D eigenvalue weighted by Crippen LogP contribution is 2.25. The smallest absolute Gasteiger partial charge is 0.244 e. The van der Waals surface area contributed by atoms with Crippen LogP contribution in [0.2, 0.25) is 0 Å². The third-order valence-corrected chi connectivity index (χ3v) is 5.43. The summed E-state index contributed by atoms with van der Waals surface area (Å²) in [6.45, 7) is 8.47. The minimum Gasteiger partial charge on any atom is -0.311 e. The first-order chi connectivity index (χ1) is 12.1. The predicted molar refractivity (Wildman–Crippen MR) is 99.2 cm³/mol. The molecule has 0 aromatic heterocycles. The molecule has 2 aliphatic rings. The van der Waals surface area contributed by atoms with E-state index < -0.39 is 0 Å². The predicted octanol–water partition coefficient (Wildman–Crippen LogP) is 2.35. The van der Waals surface area contributed by atoms with E-state index in [-0.39, 0.29) is 18.0 Å². The van der Waals surface area contributed by atoms with Crippen LogP contribution in [0.1, 0.15) is 26.7 Å². The fourth-order valence-corrected chi connectivity index (χ4v) is 4.04. The molecule has 0 radical (unpaired) electrons. The fourth-order valence-electron chi connectivity index (χ4n) is 4.04. The van der Waals surface area contributed by atoms with Gasteiger partial charge in [0.2, 0.25) is 5.91 Å². The lowest BCUT2D eigenvalue weighted by Crippen LogP contribution is -2.59. The van der Waals surface area contributed by atoms with Gasteiger partial charge < -0.3 is 4.90 Å². The summed E-state index contributed by atoms with van der Waals surface area (Å²) in [6.07, 6.45) is 1.98. The van der Waals surface area contributed by atoms with E-state index in [2.05, 4.69) is 29.7 Å². The minimum absolute atomic E-state index is 0.0179. The molecule has 2 heterocycles. The normalized spacial score (nSPS) is 24.3. The lowest BCUT2D eigenvalue weighted by molar-refractivity contribution is -0.126. The third kappa shape index (κ3) is 3.86. The van der Waals surface area contributed by atoms with Gasteiger partial charge >= 0.3 is 0 Å². The molecule has 2 fully saturated rings. The zero-order chi connectivity index (χ0) is 17.8.